The summed E-state index contributed by atoms with van der Waals surface area (Å²) in [6, 6.07) is 0.0499. The van der Waals surface area contributed by atoms with Crippen LogP contribution in [-0.2, 0) is 16.2 Å². The van der Waals surface area contributed by atoms with Crippen LogP contribution in [0.2, 0.25) is 0 Å². The molecule has 2 aromatic heterocycles. The van der Waals surface area contributed by atoms with Crippen LogP contribution in [0.15, 0.2) is 6.20 Å². The molecule has 0 aliphatic carbocycles. The molecule has 2 saturated heterocycles. The highest BCUT2D eigenvalue weighted by molar-refractivity contribution is 7.86. The van der Waals surface area contributed by atoms with Crippen molar-refractivity contribution in [2.45, 2.75) is 44.6 Å². The Morgan fingerprint density at radius 1 is 1.28 bits per heavy atom. The van der Waals surface area contributed by atoms with Crippen molar-refractivity contribution in [2.75, 3.05) is 29.5 Å². The summed E-state index contributed by atoms with van der Waals surface area (Å²) in [5, 5.41) is 5.09. The minimum atomic E-state index is -2.69. The summed E-state index contributed by atoms with van der Waals surface area (Å²) in [5.41, 5.74) is 0.328. The number of nitrogens with zero attached hydrogens (tertiary/aromatic N) is 5. The molecule has 0 atom stereocenters. The van der Waals surface area contributed by atoms with Gasteiger partial charge < -0.3 is 4.90 Å². The molecule has 0 spiro atoms. The van der Waals surface area contributed by atoms with Crippen molar-refractivity contribution in [3.63, 3.8) is 0 Å². The third kappa shape index (κ3) is 2.92. The summed E-state index contributed by atoms with van der Waals surface area (Å²) in [6.07, 6.45) is 1.48. The molecule has 25 heavy (non-hydrogen) atoms. The maximum atomic E-state index is 13.7. The second-order valence-electron chi connectivity index (χ2n) is 7.90. The first-order chi connectivity index (χ1) is 11.6. The van der Waals surface area contributed by atoms with Crippen molar-refractivity contribution in [1.29, 1.82) is 0 Å². The Labute approximate surface area is 147 Å². The molecule has 2 fully saturated rings. The molecule has 4 rings (SSSR count). The summed E-state index contributed by atoms with van der Waals surface area (Å²) in [6.45, 7) is 5.92. The summed E-state index contributed by atoms with van der Waals surface area (Å²) < 4.78 is 40.7. The summed E-state index contributed by atoms with van der Waals surface area (Å²) in [4.78, 5) is 10.9. The SMILES string of the molecule is CC(C)(C)c1nc(N2CCC(F)(F)C2)c2cnn(C3CS(=O)C3)c2n1. The van der Waals surface area contributed by atoms with E-state index in [2.05, 4.69) is 15.1 Å². The van der Waals surface area contributed by atoms with E-state index in [1.54, 1.807) is 15.8 Å². The fourth-order valence-electron chi connectivity index (χ4n) is 3.19. The summed E-state index contributed by atoms with van der Waals surface area (Å²) in [7, 11) is -0.804. The van der Waals surface area contributed by atoms with Gasteiger partial charge in [-0.2, -0.15) is 5.10 Å². The van der Waals surface area contributed by atoms with Gasteiger partial charge in [0, 0.05) is 40.7 Å². The highest BCUT2D eigenvalue weighted by atomic mass is 32.2. The van der Waals surface area contributed by atoms with E-state index >= 15 is 0 Å². The largest absolute Gasteiger partial charge is 0.350 e. The van der Waals surface area contributed by atoms with E-state index in [1.165, 1.54) is 0 Å². The fourth-order valence-corrected chi connectivity index (χ4v) is 4.24. The van der Waals surface area contributed by atoms with E-state index < -0.39 is 16.7 Å². The second kappa shape index (κ2) is 5.43. The Hall–Kier alpha value is -1.64. The van der Waals surface area contributed by atoms with Crippen LogP contribution < -0.4 is 4.90 Å². The zero-order valence-corrected chi connectivity index (χ0v) is 15.3. The number of rotatable bonds is 2. The Morgan fingerprint density at radius 2 is 2.00 bits per heavy atom. The molecule has 0 aromatic carbocycles. The van der Waals surface area contributed by atoms with E-state index in [-0.39, 0.29) is 31.0 Å². The van der Waals surface area contributed by atoms with Gasteiger partial charge in [0.2, 0.25) is 0 Å². The molecule has 2 aliphatic rings. The van der Waals surface area contributed by atoms with Crippen molar-refractivity contribution in [3.05, 3.63) is 12.0 Å². The van der Waals surface area contributed by atoms with E-state index in [1.807, 2.05) is 20.8 Å². The van der Waals surface area contributed by atoms with Crippen molar-refractivity contribution in [3.8, 4) is 0 Å². The standard InChI is InChI=1S/C16H21F2N5OS/c1-15(2,3)14-20-12(22-5-4-16(17,18)9-22)11-6-19-23(13(11)21-14)10-7-25(24)8-10/h6,10H,4-5,7-9H2,1-3H3. The monoisotopic (exact) mass is 369 g/mol. The van der Waals surface area contributed by atoms with E-state index in [9.17, 15) is 13.0 Å². The molecule has 0 unspecified atom stereocenters. The lowest BCUT2D eigenvalue weighted by molar-refractivity contribution is 0.0257. The maximum Gasteiger partial charge on any atom is 0.266 e. The highest BCUT2D eigenvalue weighted by Gasteiger charge is 2.40. The normalized spacial score (nSPS) is 26.2. The van der Waals surface area contributed by atoms with Gasteiger partial charge in [0.15, 0.2) is 5.65 Å². The van der Waals surface area contributed by atoms with Crippen molar-refractivity contribution in [1.82, 2.24) is 19.7 Å². The third-order valence-corrected chi connectivity index (χ3v) is 6.19. The first-order valence-electron chi connectivity index (χ1n) is 8.37. The molecule has 0 radical (unpaired) electrons. The van der Waals surface area contributed by atoms with Gasteiger partial charge in [-0.1, -0.05) is 20.8 Å². The van der Waals surface area contributed by atoms with E-state index in [4.69, 9.17) is 0 Å². The maximum absolute atomic E-state index is 13.7. The first-order valence-corrected chi connectivity index (χ1v) is 9.86. The Morgan fingerprint density at radius 3 is 2.56 bits per heavy atom. The molecule has 2 aromatic rings. The quantitative estimate of drug-likeness (QED) is 0.813. The third-order valence-electron chi connectivity index (χ3n) is 4.68. The number of fused-ring (bicyclic) bond motifs is 1. The smallest absolute Gasteiger partial charge is 0.266 e. The topological polar surface area (TPSA) is 63.9 Å². The lowest BCUT2D eigenvalue weighted by Gasteiger charge is -2.26. The number of halogens is 2. The second-order valence-corrected chi connectivity index (χ2v) is 9.45. The van der Waals surface area contributed by atoms with Gasteiger partial charge in [0.1, 0.15) is 11.6 Å². The zero-order chi connectivity index (χ0) is 18.0. The molecule has 6 nitrogen and oxygen atoms in total. The molecule has 0 bridgehead atoms. The van der Waals surface area contributed by atoms with Gasteiger partial charge >= 0.3 is 0 Å². The molecule has 0 amide bonds. The lowest BCUT2D eigenvalue weighted by Crippen LogP contribution is -2.34. The van der Waals surface area contributed by atoms with Crippen molar-refractivity contribution in [2.24, 2.45) is 0 Å². The Balaban J connectivity index is 1.85. The van der Waals surface area contributed by atoms with Crippen LogP contribution in [0.25, 0.3) is 11.0 Å². The first kappa shape index (κ1) is 16.8. The van der Waals surface area contributed by atoms with Crippen LogP contribution in [0.1, 0.15) is 39.1 Å². The van der Waals surface area contributed by atoms with Crippen LogP contribution in [0, 0.1) is 0 Å². The van der Waals surface area contributed by atoms with Gasteiger partial charge in [-0.3, -0.25) is 4.21 Å². The van der Waals surface area contributed by atoms with Crippen molar-refractivity contribution < 1.29 is 13.0 Å². The van der Waals surface area contributed by atoms with Gasteiger partial charge in [-0.05, 0) is 0 Å². The van der Waals surface area contributed by atoms with Gasteiger partial charge in [0.05, 0.1) is 24.2 Å². The summed E-state index contributed by atoms with van der Waals surface area (Å²) >= 11 is 0. The molecular formula is C16H21F2N5OS. The van der Waals surface area contributed by atoms with Crippen LogP contribution in [0.4, 0.5) is 14.6 Å². The number of aromatic nitrogens is 4. The molecule has 2 aliphatic heterocycles. The average Bonchev–Trinajstić information content (AvgIpc) is 3.05. The lowest BCUT2D eigenvalue weighted by atomic mass is 9.95. The molecule has 9 heteroatoms. The predicted molar refractivity (Wildman–Crippen MR) is 92.7 cm³/mol. The van der Waals surface area contributed by atoms with Gasteiger partial charge in [-0.25, -0.2) is 23.4 Å². The van der Waals surface area contributed by atoms with E-state index in [0.717, 1.165) is 0 Å². The van der Waals surface area contributed by atoms with Gasteiger partial charge in [0.25, 0.3) is 5.92 Å². The Bertz CT molecular complexity index is 852. The number of hydrogen-bond acceptors (Lipinski definition) is 5. The Kier molecular flexibility index (Phi) is 3.65. The molecule has 0 N–H and O–H groups in total. The minimum Gasteiger partial charge on any atom is -0.350 e. The molecular weight excluding hydrogens is 348 g/mol. The van der Waals surface area contributed by atoms with E-state index in [0.29, 0.717) is 34.2 Å². The van der Waals surface area contributed by atoms with Crippen LogP contribution in [-0.4, -0.2) is 54.5 Å². The number of anilines is 1. The molecule has 0 saturated carbocycles. The van der Waals surface area contributed by atoms with Crippen LogP contribution >= 0.6 is 0 Å². The molecule has 136 valence electrons. The predicted octanol–water partition coefficient (Wildman–Crippen LogP) is 2.27. The van der Waals surface area contributed by atoms with Crippen molar-refractivity contribution >= 4 is 27.7 Å². The fraction of sp³-hybridized carbons (Fsp3) is 0.688. The number of alkyl halides is 2. The summed E-state index contributed by atoms with van der Waals surface area (Å²) in [5.74, 6) is -0.447. The number of hydrogen-bond donors (Lipinski definition) is 0. The highest BCUT2D eigenvalue weighted by Crippen LogP contribution is 2.36. The molecule has 4 heterocycles. The average molecular weight is 369 g/mol. The van der Waals surface area contributed by atoms with Crippen LogP contribution in [0.3, 0.4) is 0 Å². The van der Waals surface area contributed by atoms with Gasteiger partial charge in [-0.15, -0.1) is 0 Å². The van der Waals surface area contributed by atoms with Crippen LogP contribution in [0.5, 0.6) is 0 Å². The zero-order valence-electron chi connectivity index (χ0n) is 14.5. The minimum absolute atomic E-state index is 0.0499.